The van der Waals surface area contributed by atoms with Crippen molar-refractivity contribution in [2.45, 2.75) is 73.1 Å². The van der Waals surface area contributed by atoms with E-state index in [1.807, 2.05) is 53.7 Å². The van der Waals surface area contributed by atoms with Gasteiger partial charge in [-0.05, 0) is 71.7 Å². The first kappa shape index (κ1) is 20.0. The number of ether oxygens (including phenoxy) is 1. The summed E-state index contributed by atoms with van der Waals surface area (Å²) < 4.78 is 11.0. The fraction of sp³-hybridized carbons (Fsp3) is 0.524. The lowest BCUT2D eigenvalue weighted by molar-refractivity contribution is -0.160. The largest absolute Gasteiger partial charge is 0.464 e. The van der Waals surface area contributed by atoms with Crippen LogP contribution in [0.25, 0.3) is 11.0 Å². The van der Waals surface area contributed by atoms with Crippen molar-refractivity contribution in [2.75, 3.05) is 0 Å². The molecule has 0 aliphatic rings. The molecule has 0 aliphatic heterocycles. The number of esters is 1. The van der Waals surface area contributed by atoms with Crippen molar-refractivity contribution >= 4 is 22.8 Å². The number of hydrogen-bond donors (Lipinski definition) is 0. The van der Waals surface area contributed by atoms with Crippen LogP contribution in [-0.4, -0.2) is 35.0 Å². The maximum atomic E-state index is 12.6. The third-order valence-corrected chi connectivity index (χ3v) is 4.63. The highest BCUT2D eigenvalue weighted by atomic mass is 16.5. The van der Waals surface area contributed by atoms with Crippen LogP contribution in [0.2, 0.25) is 0 Å². The topological polar surface area (TPSA) is 59.8 Å². The van der Waals surface area contributed by atoms with Crippen molar-refractivity contribution in [2.24, 2.45) is 0 Å². The molecule has 0 bridgehead atoms. The number of carbonyl (C=O) groups is 2. The minimum atomic E-state index is -0.811. The Bertz CT molecular complexity index is 796. The van der Waals surface area contributed by atoms with E-state index in [0.717, 1.165) is 27.7 Å². The van der Waals surface area contributed by atoms with E-state index in [1.54, 1.807) is 18.1 Å². The van der Waals surface area contributed by atoms with Crippen LogP contribution in [0.15, 0.2) is 22.8 Å². The smallest absolute Gasteiger partial charge is 0.311 e. The average Bonchev–Trinajstić information content (AvgIpc) is 2.88. The molecule has 1 atom stereocenters. The molecule has 0 spiro atoms. The van der Waals surface area contributed by atoms with Gasteiger partial charge in [0.15, 0.2) is 6.10 Å². The number of hydrogen-bond acceptors (Lipinski definition) is 4. The van der Waals surface area contributed by atoms with Crippen LogP contribution >= 0.6 is 0 Å². The highest BCUT2D eigenvalue weighted by Gasteiger charge is 2.27. The van der Waals surface area contributed by atoms with Crippen LogP contribution in [0.3, 0.4) is 0 Å². The Morgan fingerprint density at radius 3 is 2.19 bits per heavy atom. The molecular formula is C21H29NO4. The van der Waals surface area contributed by atoms with Crippen LogP contribution in [0.1, 0.15) is 51.3 Å². The van der Waals surface area contributed by atoms with Crippen molar-refractivity contribution in [3.05, 3.63) is 35.1 Å². The van der Waals surface area contributed by atoms with Crippen LogP contribution in [0.5, 0.6) is 0 Å². The molecule has 0 radical (unpaired) electrons. The van der Waals surface area contributed by atoms with Gasteiger partial charge in [-0.3, -0.25) is 9.59 Å². The lowest BCUT2D eigenvalue weighted by Gasteiger charge is -2.32. The van der Waals surface area contributed by atoms with Crippen LogP contribution < -0.4 is 0 Å². The number of amides is 1. The van der Waals surface area contributed by atoms with Gasteiger partial charge in [-0.1, -0.05) is 0 Å². The zero-order valence-electron chi connectivity index (χ0n) is 16.8. The summed E-state index contributed by atoms with van der Waals surface area (Å²) in [6, 6.07) is 4.08. The van der Waals surface area contributed by atoms with Gasteiger partial charge in [0.05, 0.1) is 12.7 Å². The van der Waals surface area contributed by atoms with Gasteiger partial charge in [0.25, 0.3) is 5.91 Å². The fourth-order valence-corrected chi connectivity index (χ4v) is 3.23. The fourth-order valence-electron chi connectivity index (χ4n) is 3.23. The molecule has 1 amide bonds. The van der Waals surface area contributed by atoms with Crippen molar-refractivity contribution in [3.8, 4) is 0 Å². The summed E-state index contributed by atoms with van der Waals surface area (Å²) in [7, 11) is 0. The van der Waals surface area contributed by atoms with Gasteiger partial charge in [-0.15, -0.1) is 0 Å². The Morgan fingerprint density at radius 2 is 1.62 bits per heavy atom. The number of benzene rings is 1. The maximum absolute atomic E-state index is 12.6. The molecule has 26 heavy (non-hydrogen) atoms. The maximum Gasteiger partial charge on any atom is 0.311 e. The monoisotopic (exact) mass is 359 g/mol. The van der Waals surface area contributed by atoms with Crippen molar-refractivity contribution in [1.82, 2.24) is 4.90 Å². The number of fused-ring (bicyclic) bond motifs is 1. The number of rotatable bonds is 6. The summed E-state index contributed by atoms with van der Waals surface area (Å²) in [5.41, 5.74) is 3.81. The zero-order valence-corrected chi connectivity index (χ0v) is 16.8. The Balaban J connectivity index is 2.09. The van der Waals surface area contributed by atoms with E-state index >= 15 is 0 Å². The van der Waals surface area contributed by atoms with Crippen molar-refractivity contribution in [3.63, 3.8) is 0 Å². The predicted molar refractivity (Wildman–Crippen MR) is 102 cm³/mol. The Morgan fingerprint density at radius 1 is 1.04 bits per heavy atom. The molecule has 0 N–H and O–H groups in total. The van der Waals surface area contributed by atoms with Gasteiger partial charge >= 0.3 is 5.97 Å². The van der Waals surface area contributed by atoms with Gasteiger partial charge < -0.3 is 14.1 Å². The SMILES string of the molecule is Cc1cc2occ(CC(=O)O[C@@H](C)C(=O)N(C(C)C)C(C)C)c2cc1C. The summed E-state index contributed by atoms with van der Waals surface area (Å²) in [6.45, 7) is 13.5. The second kappa shape index (κ2) is 7.94. The van der Waals surface area contributed by atoms with E-state index in [9.17, 15) is 9.59 Å². The molecule has 0 fully saturated rings. The lowest BCUT2D eigenvalue weighted by Crippen LogP contribution is -2.47. The van der Waals surface area contributed by atoms with Crippen molar-refractivity contribution in [1.29, 1.82) is 0 Å². The summed E-state index contributed by atoms with van der Waals surface area (Å²) in [6.07, 6.45) is 0.858. The minimum absolute atomic E-state index is 0.0488. The van der Waals surface area contributed by atoms with Crippen molar-refractivity contribution < 1.29 is 18.7 Å². The third kappa shape index (κ3) is 4.26. The number of carbonyl (C=O) groups excluding carboxylic acids is 2. The highest BCUT2D eigenvalue weighted by Crippen LogP contribution is 2.25. The quantitative estimate of drug-likeness (QED) is 0.726. The summed E-state index contributed by atoms with van der Waals surface area (Å²) in [5.74, 6) is -0.605. The first-order valence-electron chi connectivity index (χ1n) is 9.10. The molecule has 0 saturated heterocycles. The Labute approximate surface area is 155 Å². The molecule has 2 rings (SSSR count). The Kier molecular flexibility index (Phi) is 6.11. The molecule has 2 aromatic rings. The molecule has 5 heteroatoms. The molecule has 1 heterocycles. The van der Waals surface area contributed by atoms with Gasteiger partial charge in [-0.2, -0.15) is 0 Å². The minimum Gasteiger partial charge on any atom is -0.464 e. The molecule has 142 valence electrons. The summed E-state index contributed by atoms with van der Waals surface area (Å²) in [4.78, 5) is 26.7. The molecule has 1 aromatic heterocycles. The first-order valence-corrected chi connectivity index (χ1v) is 9.10. The van der Waals surface area contributed by atoms with Gasteiger partial charge in [0, 0.05) is 23.0 Å². The second-order valence-corrected chi connectivity index (χ2v) is 7.44. The van der Waals surface area contributed by atoms with Gasteiger partial charge in [0.1, 0.15) is 5.58 Å². The lowest BCUT2D eigenvalue weighted by atomic mass is 10.0. The highest BCUT2D eigenvalue weighted by molar-refractivity contribution is 5.88. The van der Waals surface area contributed by atoms with Gasteiger partial charge in [-0.25, -0.2) is 0 Å². The van der Waals surface area contributed by atoms with Crippen LogP contribution in [0, 0.1) is 13.8 Å². The standard InChI is InChI=1S/C21H29NO4/c1-12(2)22(13(3)4)21(24)16(7)26-20(23)10-17-11-25-19-9-15(6)14(5)8-18(17)19/h8-9,11-13,16H,10H2,1-7H3/t16-/m0/s1. The van der Waals surface area contributed by atoms with Crippen LogP contribution in [-0.2, 0) is 20.7 Å². The molecule has 0 aliphatic carbocycles. The predicted octanol–water partition coefficient (Wildman–Crippen LogP) is 4.17. The van der Waals surface area contributed by atoms with E-state index in [0.29, 0.717) is 0 Å². The number of nitrogens with zero attached hydrogens (tertiary/aromatic N) is 1. The molecule has 1 aromatic carbocycles. The molecule has 0 unspecified atom stereocenters. The number of aryl methyl sites for hydroxylation is 2. The average molecular weight is 359 g/mol. The Hall–Kier alpha value is -2.30. The van der Waals surface area contributed by atoms with E-state index < -0.39 is 12.1 Å². The van der Waals surface area contributed by atoms with E-state index in [1.165, 1.54) is 0 Å². The molecule has 5 nitrogen and oxygen atoms in total. The molecular weight excluding hydrogens is 330 g/mol. The zero-order chi connectivity index (χ0) is 19.6. The molecule has 0 saturated carbocycles. The van der Waals surface area contributed by atoms with Gasteiger partial charge in [0.2, 0.25) is 0 Å². The van der Waals surface area contributed by atoms with E-state index in [2.05, 4.69) is 0 Å². The number of furan rings is 1. The van der Waals surface area contributed by atoms with E-state index in [-0.39, 0.29) is 24.4 Å². The van der Waals surface area contributed by atoms with E-state index in [4.69, 9.17) is 9.15 Å². The summed E-state index contributed by atoms with van der Waals surface area (Å²) >= 11 is 0. The third-order valence-electron chi connectivity index (χ3n) is 4.63. The second-order valence-electron chi connectivity index (χ2n) is 7.44. The summed E-state index contributed by atoms with van der Waals surface area (Å²) in [5, 5.41) is 0.912. The van der Waals surface area contributed by atoms with Crippen LogP contribution in [0.4, 0.5) is 0 Å². The first-order chi connectivity index (χ1) is 12.1. The normalized spacial score (nSPS) is 12.7.